The van der Waals surface area contributed by atoms with E-state index in [1.165, 1.54) is 4.70 Å². The fraction of sp³-hybridized carbons (Fsp3) is 0.533. The second-order valence-corrected chi connectivity index (χ2v) is 5.89. The molecule has 1 aromatic heterocycles. The van der Waals surface area contributed by atoms with Crippen molar-refractivity contribution in [3.8, 4) is 0 Å². The van der Waals surface area contributed by atoms with Crippen molar-refractivity contribution in [1.82, 2.24) is 4.98 Å². The van der Waals surface area contributed by atoms with E-state index in [0.717, 1.165) is 23.4 Å². The molecule has 1 atom stereocenters. The number of nitrogens with zero attached hydrogens (tertiary/aromatic N) is 1. The summed E-state index contributed by atoms with van der Waals surface area (Å²) in [6.45, 7) is 4.10. The summed E-state index contributed by atoms with van der Waals surface area (Å²) in [5, 5.41) is 11.4. The van der Waals surface area contributed by atoms with Crippen LogP contribution in [0.25, 0.3) is 10.2 Å². The van der Waals surface area contributed by atoms with Gasteiger partial charge in [0.05, 0.1) is 26.9 Å². The molecule has 1 heterocycles. The van der Waals surface area contributed by atoms with Crippen LogP contribution >= 0.6 is 11.3 Å². The Bertz CT molecular complexity index is 492. The molecule has 0 radical (unpaired) electrons. The first-order valence-corrected chi connectivity index (χ1v) is 7.54. The number of thiazole rings is 1. The van der Waals surface area contributed by atoms with Gasteiger partial charge in [0.2, 0.25) is 0 Å². The van der Waals surface area contributed by atoms with E-state index >= 15 is 0 Å². The maximum atomic E-state index is 10.5. The molecule has 104 valence electrons. The number of ether oxygens (including phenoxy) is 1. The van der Waals surface area contributed by atoms with Crippen molar-refractivity contribution >= 4 is 21.6 Å². The van der Waals surface area contributed by atoms with Gasteiger partial charge in [0, 0.05) is 13.5 Å². The minimum atomic E-state index is -0.520. The predicted molar refractivity (Wildman–Crippen MR) is 79.7 cm³/mol. The van der Waals surface area contributed by atoms with Gasteiger partial charge in [0.1, 0.15) is 0 Å². The summed E-state index contributed by atoms with van der Waals surface area (Å²) in [5.74, 6) is 0. The van der Waals surface area contributed by atoms with Crippen LogP contribution in [-0.2, 0) is 11.2 Å². The molecule has 4 heteroatoms. The average Bonchev–Trinajstić information content (AvgIpc) is 2.83. The van der Waals surface area contributed by atoms with Crippen LogP contribution in [0.3, 0.4) is 0 Å². The normalized spacial score (nSPS) is 13.9. The molecule has 0 fully saturated rings. The van der Waals surface area contributed by atoms with E-state index in [-0.39, 0.29) is 0 Å². The highest BCUT2D eigenvalue weighted by Gasteiger charge is 2.35. The second kappa shape index (κ2) is 5.99. The number of benzene rings is 1. The molecule has 0 aliphatic heterocycles. The van der Waals surface area contributed by atoms with Crippen LogP contribution in [0.1, 0.15) is 31.7 Å². The summed E-state index contributed by atoms with van der Waals surface area (Å²) in [4.78, 5) is 4.57. The summed E-state index contributed by atoms with van der Waals surface area (Å²) in [6.07, 6.45) is 1.63. The van der Waals surface area contributed by atoms with Gasteiger partial charge in [-0.15, -0.1) is 11.3 Å². The first-order chi connectivity index (χ1) is 9.15. The van der Waals surface area contributed by atoms with E-state index < -0.39 is 11.7 Å². The predicted octanol–water partition coefficient (Wildman–Crippen LogP) is 3.40. The smallest absolute Gasteiger partial charge is 0.0965 e. The standard InChI is InChI=1S/C15H21NO2S/c1-4-15(5-2,18-3)13(17)10-14-16-11-8-6-7-9-12(11)19-14/h6-9,13,17H,4-5,10H2,1-3H3. The zero-order valence-corrected chi connectivity index (χ0v) is 12.5. The Hall–Kier alpha value is -0.970. The van der Waals surface area contributed by atoms with Crippen molar-refractivity contribution in [2.75, 3.05) is 7.11 Å². The molecule has 0 bridgehead atoms. The SMILES string of the molecule is CCC(CC)(OC)C(O)Cc1nc2ccccc2s1. The summed E-state index contributed by atoms with van der Waals surface area (Å²) in [5.41, 5.74) is 0.545. The molecule has 3 nitrogen and oxygen atoms in total. The lowest BCUT2D eigenvalue weighted by Gasteiger charge is -2.34. The molecule has 2 rings (SSSR count). The van der Waals surface area contributed by atoms with Gasteiger partial charge in [0.25, 0.3) is 0 Å². The van der Waals surface area contributed by atoms with Crippen LogP contribution in [0.4, 0.5) is 0 Å². The maximum absolute atomic E-state index is 10.5. The lowest BCUT2D eigenvalue weighted by Crippen LogP contribution is -2.44. The van der Waals surface area contributed by atoms with Crippen LogP contribution < -0.4 is 0 Å². The van der Waals surface area contributed by atoms with Crippen molar-refractivity contribution in [2.24, 2.45) is 0 Å². The number of para-hydroxylation sites is 1. The Morgan fingerprint density at radius 1 is 1.32 bits per heavy atom. The largest absolute Gasteiger partial charge is 0.390 e. The fourth-order valence-corrected chi connectivity index (χ4v) is 3.51. The molecular formula is C15H21NO2S. The quantitative estimate of drug-likeness (QED) is 0.881. The molecule has 0 aliphatic carbocycles. The maximum Gasteiger partial charge on any atom is 0.0965 e. The lowest BCUT2D eigenvalue weighted by molar-refractivity contribution is -0.106. The van der Waals surface area contributed by atoms with Gasteiger partial charge in [-0.05, 0) is 25.0 Å². The minimum absolute atomic E-state index is 0.460. The van der Waals surface area contributed by atoms with Crippen LogP contribution in [0.2, 0.25) is 0 Å². The first-order valence-electron chi connectivity index (χ1n) is 6.73. The van der Waals surface area contributed by atoms with Crippen LogP contribution in [-0.4, -0.2) is 28.9 Å². The van der Waals surface area contributed by atoms with Gasteiger partial charge < -0.3 is 9.84 Å². The highest BCUT2D eigenvalue weighted by Crippen LogP contribution is 2.29. The molecule has 0 aliphatic rings. The number of fused-ring (bicyclic) bond motifs is 1. The molecule has 1 aromatic carbocycles. The summed E-state index contributed by atoms with van der Waals surface area (Å²) in [7, 11) is 1.68. The van der Waals surface area contributed by atoms with Gasteiger partial charge in [-0.3, -0.25) is 0 Å². The zero-order valence-electron chi connectivity index (χ0n) is 11.7. The van der Waals surface area contributed by atoms with Gasteiger partial charge in [0.15, 0.2) is 0 Å². The van der Waals surface area contributed by atoms with Crippen molar-refractivity contribution in [3.05, 3.63) is 29.3 Å². The number of aliphatic hydroxyl groups is 1. The van der Waals surface area contributed by atoms with E-state index in [4.69, 9.17) is 4.74 Å². The van der Waals surface area contributed by atoms with Gasteiger partial charge in [-0.1, -0.05) is 26.0 Å². The molecule has 19 heavy (non-hydrogen) atoms. The van der Waals surface area contributed by atoms with Crippen LogP contribution in [0, 0.1) is 0 Å². The molecule has 1 unspecified atom stereocenters. The van der Waals surface area contributed by atoms with Gasteiger partial charge in [-0.25, -0.2) is 4.98 Å². The summed E-state index contributed by atoms with van der Waals surface area (Å²) in [6, 6.07) is 8.06. The number of methoxy groups -OCH3 is 1. The van der Waals surface area contributed by atoms with Crippen LogP contribution in [0.5, 0.6) is 0 Å². The summed E-state index contributed by atoms with van der Waals surface area (Å²) >= 11 is 1.65. The lowest BCUT2D eigenvalue weighted by atomic mass is 9.88. The molecule has 0 amide bonds. The average molecular weight is 279 g/mol. The number of rotatable bonds is 6. The Morgan fingerprint density at radius 2 is 2.00 bits per heavy atom. The van der Waals surface area contributed by atoms with Gasteiger partial charge in [-0.2, -0.15) is 0 Å². The third-order valence-corrected chi connectivity index (χ3v) is 4.98. The van der Waals surface area contributed by atoms with Crippen LogP contribution in [0.15, 0.2) is 24.3 Å². The molecule has 0 saturated carbocycles. The highest BCUT2D eigenvalue weighted by atomic mass is 32.1. The second-order valence-electron chi connectivity index (χ2n) is 4.77. The van der Waals surface area contributed by atoms with Crippen molar-refractivity contribution in [3.63, 3.8) is 0 Å². The molecule has 2 aromatic rings. The Labute approximate surface area is 118 Å². The van der Waals surface area contributed by atoms with E-state index in [0.29, 0.717) is 6.42 Å². The monoisotopic (exact) mass is 279 g/mol. The third-order valence-electron chi connectivity index (χ3n) is 3.92. The molecule has 0 saturated heterocycles. The number of hydrogen-bond donors (Lipinski definition) is 1. The van der Waals surface area contributed by atoms with Gasteiger partial charge >= 0.3 is 0 Å². The van der Waals surface area contributed by atoms with E-state index in [1.807, 2.05) is 18.2 Å². The minimum Gasteiger partial charge on any atom is -0.390 e. The van der Waals surface area contributed by atoms with E-state index in [2.05, 4.69) is 24.9 Å². The Morgan fingerprint density at radius 3 is 2.58 bits per heavy atom. The Balaban J connectivity index is 2.19. The first kappa shape index (κ1) is 14.4. The van der Waals surface area contributed by atoms with Crippen molar-refractivity contribution in [2.45, 2.75) is 44.8 Å². The third kappa shape index (κ3) is 2.81. The topological polar surface area (TPSA) is 42.4 Å². The van der Waals surface area contributed by atoms with Crippen molar-refractivity contribution < 1.29 is 9.84 Å². The fourth-order valence-electron chi connectivity index (χ4n) is 2.50. The summed E-state index contributed by atoms with van der Waals surface area (Å²) < 4.78 is 6.74. The Kier molecular flexibility index (Phi) is 4.55. The van der Waals surface area contributed by atoms with E-state index in [1.54, 1.807) is 18.4 Å². The molecular weight excluding hydrogens is 258 g/mol. The van der Waals surface area contributed by atoms with E-state index in [9.17, 15) is 5.11 Å². The zero-order chi connectivity index (χ0) is 13.9. The highest BCUT2D eigenvalue weighted by molar-refractivity contribution is 7.18. The molecule has 1 N–H and O–H groups in total. The molecule has 0 spiro atoms. The number of aromatic nitrogens is 1. The number of aliphatic hydroxyl groups excluding tert-OH is 1. The van der Waals surface area contributed by atoms with Crippen molar-refractivity contribution in [1.29, 1.82) is 0 Å². The number of hydrogen-bond acceptors (Lipinski definition) is 4.